The van der Waals surface area contributed by atoms with Crippen molar-refractivity contribution in [3.63, 3.8) is 0 Å². The van der Waals surface area contributed by atoms with Crippen LogP contribution in [0.5, 0.6) is 0 Å². The van der Waals surface area contributed by atoms with Crippen molar-refractivity contribution in [3.05, 3.63) is 24.0 Å². The molecule has 0 spiro atoms. The van der Waals surface area contributed by atoms with Crippen LogP contribution in [0.2, 0.25) is 0 Å². The molecule has 104 valence electrons. The van der Waals surface area contributed by atoms with E-state index in [0.717, 1.165) is 32.4 Å². The molecule has 0 bridgehead atoms. The summed E-state index contributed by atoms with van der Waals surface area (Å²) in [5.74, 6) is 0. The minimum atomic E-state index is 0.175. The average molecular weight is 254 g/mol. The fraction of sp³-hybridized carbons (Fsp3) is 0.714. The summed E-state index contributed by atoms with van der Waals surface area (Å²) in [5.41, 5.74) is 7.31. The summed E-state index contributed by atoms with van der Waals surface area (Å²) < 4.78 is 12.5. The lowest BCUT2D eigenvalue weighted by molar-refractivity contribution is 0.0680. The Morgan fingerprint density at radius 2 is 2.17 bits per heavy atom. The van der Waals surface area contributed by atoms with Gasteiger partial charge in [0.15, 0.2) is 0 Å². The molecular weight excluding hydrogens is 228 g/mol. The SMILES string of the molecule is CCCC(N)c1ccn(CCCOCCOC)c1. The molecule has 0 radical (unpaired) electrons. The van der Waals surface area contributed by atoms with Gasteiger partial charge in [0.05, 0.1) is 13.2 Å². The van der Waals surface area contributed by atoms with Crippen LogP contribution < -0.4 is 5.73 Å². The van der Waals surface area contributed by atoms with Crippen molar-refractivity contribution in [3.8, 4) is 0 Å². The molecule has 0 saturated heterocycles. The zero-order valence-corrected chi connectivity index (χ0v) is 11.6. The van der Waals surface area contributed by atoms with Crippen molar-refractivity contribution >= 4 is 0 Å². The number of hydrogen-bond donors (Lipinski definition) is 1. The van der Waals surface area contributed by atoms with E-state index < -0.39 is 0 Å². The van der Waals surface area contributed by atoms with Crippen molar-refractivity contribution in [1.82, 2.24) is 4.57 Å². The van der Waals surface area contributed by atoms with E-state index >= 15 is 0 Å². The van der Waals surface area contributed by atoms with Crippen LogP contribution in [0.25, 0.3) is 0 Å². The van der Waals surface area contributed by atoms with Crippen LogP contribution in [-0.2, 0) is 16.0 Å². The second-order valence-electron chi connectivity index (χ2n) is 4.54. The molecule has 1 aromatic heterocycles. The number of aryl methyl sites for hydroxylation is 1. The van der Waals surface area contributed by atoms with Crippen LogP contribution >= 0.6 is 0 Å². The van der Waals surface area contributed by atoms with Gasteiger partial charge in [-0.15, -0.1) is 0 Å². The molecule has 1 aromatic rings. The van der Waals surface area contributed by atoms with Crippen LogP contribution in [-0.4, -0.2) is 31.5 Å². The maximum atomic E-state index is 6.08. The van der Waals surface area contributed by atoms with E-state index in [-0.39, 0.29) is 6.04 Å². The first-order valence-electron chi connectivity index (χ1n) is 6.75. The molecule has 0 aliphatic heterocycles. The number of aromatic nitrogens is 1. The standard InChI is InChI=1S/C14H26N2O2/c1-3-5-14(15)13-6-8-16(12-13)7-4-9-18-11-10-17-2/h6,8,12,14H,3-5,7,9-11,15H2,1-2H3. The largest absolute Gasteiger partial charge is 0.382 e. The van der Waals surface area contributed by atoms with Crippen molar-refractivity contribution in [2.24, 2.45) is 5.73 Å². The van der Waals surface area contributed by atoms with Gasteiger partial charge in [-0.05, 0) is 24.5 Å². The Hall–Kier alpha value is -0.840. The molecule has 0 amide bonds. The first-order valence-corrected chi connectivity index (χ1v) is 6.75. The molecule has 4 nitrogen and oxygen atoms in total. The zero-order chi connectivity index (χ0) is 13.2. The first kappa shape index (κ1) is 15.2. The Morgan fingerprint density at radius 3 is 2.89 bits per heavy atom. The van der Waals surface area contributed by atoms with Gasteiger partial charge in [0, 0.05) is 38.7 Å². The van der Waals surface area contributed by atoms with Crippen LogP contribution in [0, 0.1) is 0 Å². The number of nitrogens with zero attached hydrogens (tertiary/aromatic N) is 1. The van der Waals surface area contributed by atoms with E-state index in [1.54, 1.807) is 7.11 Å². The highest BCUT2D eigenvalue weighted by Gasteiger charge is 2.05. The second-order valence-corrected chi connectivity index (χ2v) is 4.54. The highest BCUT2D eigenvalue weighted by Crippen LogP contribution is 2.15. The van der Waals surface area contributed by atoms with Crippen LogP contribution in [0.15, 0.2) is 18.5 Å². The minimum Gasteiger partial charge on any atom is -0.382 e. The highest BCUT2D eigenvalue weighted by molar-refractivity contribution is 5.14. The molecule has 0 saturated carbocycles. The van der Waals surface area contributed by atoms with Gasteiger partial charge < -0.3 is 19.8 Å². The van der Waals surface area contributed by atoms with Crippen LogP contribution in [0.1, 0.15) is 37.8 Å². The zero-order valence-electron chi connectivity index (χ0n) is 11.6. The minimum absolute atomic E-state index is 0.175. The van der Waals surface area contributed by atoms with Gasteiger partial charge in [-0.2, -0.15) is 0 Å². The number of rotatable bonds is 10. The van der Waals surface area contributed by atoms with E-state index in [9.17, 15) is 0 Å². The lowest BCUT2D eigenvalue weighted by atomic mass is 10.1. The van der Waals surface area contributed by atoms with Gasteiger partial charge in [0.25, 0.3) is 0 Å². The summed E-state index contributed by atoms with van der Waals surface area (Å²) in [5, 5.41) is 0. The summed E-state index contributed by atoms with van der Waals surface area (Å²) in [7, 11) is 1.68. The lowest BCUT2D eigenvalue weighted by Gasteiger charge is -2.08. The topological polar surface area (TPSA) is 49.4 Å². The molecule has 1 unspecified atom stereocenters. The van der Waals surface area contributed by atoms with Gasteiger partial charge >= 0.3 is 0 Å². The number of nitrogens with two attached hydrogens (primary N) is 1. The normalized spacial score (nSPS) is 12.8. The van der Waals surface area contributed by atoms with E-state index in [2.05, 4.69) is 30.0 Å². The second kappa shape index (κ2) is 9.14. The highest BCUT2D eigenvalue weighted by atomic mass is 16.5. The third-order valence-corrected chi connectivity index (χ3v) is 2.94. The van der Waals surface area contributed by atoms with Crippen molar-refractivity contribution in [2.75, 3.05) is 26.9 Å². The number of methoxy groups -OCH3 is 1. The summed E-state index contributed by atoms with van der Waals surface area (Å²) in [6.07, 6.45) is 7.43. The number of hydrogen-bond acceptors (Lipinski definition) is 3. The predicted octanol–water partition coefficient (Wildman–Crippen LogP) is 2.34. The molecule has 0 aliphatic carbocycles. The van der Waals surface area contributed by atoms with Gasteiger partial charge in [0.2, 0.25) is 0 Å². The third-order valence-electron chi connectivity index (χ3n) is 2.94. The number of ether oxygens (including phenoxy) is 2. The van der Waals surface area contributed by atoms with Crippen LogP contribution in [0.4, 0.5) is 0 Å². The summed E-state index contributed by atoms with van der Waals surface area (Å²) in [6, 6.07) is 2.29. The van der Waals surface area contributed by atoms with E-state index in [1.807, 2.05) is 0 Å². The van der Waals surface area contributed by atoms with Crippen LogP contribution in [0.3, 0.4) is 0 Å². The molecule has 1 atom stereocenters. The fourth-order valence-electron chi connectivity index (χ4n) is 1.89. The lowest BCUT2D eigenvalue weighted by Crippen LogP contribution is -2.09. The Kier molecular flexibility index (Phi) is 7.73. The Bertz CT molecular complexity index is 312. The van der Waals surface area contributed by atoms with Gasteiger partial charge in [-0.25, -0.2) is 0 Å². The van der Waals surface area contributed by atoms with Crippen molar-refractivity contribution in [1.29, 1.82) is 0 Å². The summed E-state index contributed by atoms with van der Waals surface area (Å²) >= 11 is 0. The molecular formula is C14H26N2O2. The van der Waals surface area contributed by atoms with Crippen molar-refractivity contribution in [2.45, 2.75) is 38.8 Å². The van der Waals surface area contributed by atoms with Crippen molar-refractivity contribution < 1.29 is 9.47 Å². The Balaban J connectivity index is 2.19. The molecule has 18 heavy (non-hydrogen) atoms. The molecule has 2 N–H and O–H groups in total. The summed E-state index contributed by atoms with van der Waals surface area (Å²) in [4.78, 5) is 0. The maximum absolute atomic E-state index is 6.08. The Morgan fingerprint density at radius 1 is 1.33 bits per heavy atom. The quantitative estimate of drug-likeness (QED) is 0.652. The molecule has 1 heterocycles. The fourth-order valence-corrected chi connectivity index (χ4v) is 1.89. The average Bonchev–Trinajstić information content (AvgIpc) is 2.83. The van der Waals surface area contributed by atoms with Gasteiger partial charge in [-0.1, -0.05) is 13.3 Å². The maximum Gasteiger partial charge on any atom is 0.0700 e. The van der Waals surface area contributed by atoms with Gasteiger partial charge in [0.1, 0.15) is 0 Å². The third kappa shape index (κ3) is 5.67. The molecule has 0 aliphatic rings. The van der Waals surface area contributed by atoms with E-state index in [4.69, 9.17) is 15.2 Å². The first-order chi connectivity index (χ1) is 8.77. The molecule has 4 heteroatoms. The van der Waals surface area contributed by atoms with E-state index in [1.165, 1.54) is 5.56 Å². The summed E-state index contributed by atoms with van der Waals surface area (Å²) in [6.45, 7) is 5.26. The Labute approximate surface area is 110 Å². The molecule has 1 rings (SSSR count). The smallest absolute Gasteiger partial charge is 0.0700 e. The molecule has 0 aromatic carbocycles. The van der Waals surface area contributed by atoms with Gasteiger partial charge in [-0.3, -0.25) is 0 Å². The predicted molar refractivity (Wildman–Crippen MR) is 73.6 cm³/mol. The van der Waals surface area contributed by atoms with E-state index in [0.29, 0.717) is 13.2 Å². The monoisotopic (exact) mass is 254 g/mol. The molecule has 0 fully saturated rings.